The molecule has 3 rings (SSSR count). The number of carbonyl (C=O) groups is 1. The summed E-state index contributed by atoms with van der Waals surface area (Å²) in [6, 6.07) is 8.20. The van der Waals surface area contributed by atoms with E-state index in [1.54, 1.807) is 11.3 Å². The number of hydrogen-bond donors (Lipinski definition) is 1. The lowest BCUT2D eigenvalue weighted by Gasteiger charge is -2.12. The first-order valence-electron chi connectivity index (χ1n) is 8.60. The fraction of sp³-hybridized carbons (Fsp3) is 0.474. The fourth-order valence-electron chi connectivity index (χ4n) is 3.01. The van der Waals surface area contributed by atoms with E-state index in [0.717, 1.165) is 36.3 Å². The normalized spacial score (nSPS) is 14.7. The molecule has 0 fully saturated rings. The third kappa shape index (κ3) is 4.90. The Balaban J connectivity index is 1.35. The van der Waals surface area contributed by atoms with E-state index in [2.05, 4.69) is 22.4 Å². The summed E-state index contributed by atoms with van der Waals surface area (Å²) in [5.74, 6) is 0.169. The monoisotopic (exact) mass is 328 g/mol. The number of aryl methyl sites for hydroxylation is 1. The highest BCUT2D eigenvalue weighted by Crippen LogP contribution is 2.22. The van der Waals surface area contributed by atoms with Crippen molar-refractivity contribution in [1.82, 2.24) is 10.3 Å². The van der Waals surface area contributed by atoms with Gasteiger partial charge < -0.3 is 5.32 Å². The van der Waals surface area contributed by atoms with Gasteiger partial charge in [-0.15, -0.1) is 11.3 Å². The lowest BCUT2D eigenvalue weighted by molar-refractivity contribution is -0.121. The molecule has 122 valence electrons. The van der Waals surface area contributed by atoms with Crippen molar-refractivity contribution in [3.8, 4) is 0 Å². The molecule has 0 saturated heterocycles. The quantitative estimate of drug-likeness (QED) is 0.753. The molecule has 0 spiro atoms. The van der Waals surface area contributed by atoms with Gasteiger partial charge in [0.25, 0.3) is 0 Å². The van der Waals surface area contributed by atoms with E-state index < -0.39 is 0 Å². The van der Waals surface area contributed by atoms with Gasteiger partial charge in [0, 0.05) is 13.0 Å². The molecule has 0 atom stereocenters. The molecule has 1 heterocycles. The summed E-state index contributed by atoms with van der Waals surface area (Å²) in [6.07, 6.45) is 10.8. The summed E-state index contributed by atoms with van der Waals surface area (Å²) in [5.41, 5.74) is 2.59. The Kier molecular flexibility index (Phi) is 5.81. The maximum absolute atomic E-state index is 11.9. The van der Waals surface area contributed by atoms with E-state index in [1.165, 1.54) is 36.0 Å². The van der Waals surface area contributed by atoms with Crippen LogP contribution >= 0.6 is 11.3 Å². The number of nitrogens with one attached hydrogen (secondary N) is 1. The minimum absolute atomic E-state index is 0.169. The molecule has 1 aliphatic carbocycles. The first-order valence-corrected chi connectivity index (χ1v) is 9.42. The second-order valence-corrected chi connectivity index (χ2v) is 7.25. The van der Waals surface area contributed by atoms with Crippen molar-refractivity contribution in [3.05, 3.63) is 40.9 Å². The number of fused-ring (bicyclic) bond motifs is 1. The molecular weight excluding hydrogens is 304 g/mol. The Hall–Kier alpha value is -1.68. The number of carbonyl (C=O) groups excluding carboxylic acids is 1. The Bertz CT molecular complexity index is 656. The predicted molar refractivity (Wildman–Crippen MR) is 96.7 cm³/mol. The van der Waals surface area contributed by atoms with Crippen molar-refractivity contribution in [2.24, 2.45) is 0 Å². The van der Waals surface area contributed by atoms with Crippen LogP contribution in [0.4, 0.5) is 0 Å². The maximum atomic E-state index is 11.9. The SMILES string of the molecule is O=C(CCCc1nc2ccccc2s1)NCCC1=CCCCC1. The van der Waals surface area contributed by atoms with Gasteiger partial charge in [-0.3, -0.25) is 4.79 Å². The van der Waals surface area contributed by atoms with E-state index >= 15 is 0 Å². The summed E-state index contributed by atoms with van der Waals surface area (Å²) < 4.78 is 1.23. The minimum atomic E-state index is 0.169. The zero-order chi connectivity index (χ0) is 15.9. The van der Waals surface area contributed by atoms with Crippen LogP contribution in [-0.4, -0.2) is 17.4 Å². The highest BCUT2D eigenvalue weighted by atomic mass is 32.1. The Labute approximate surface area is 141 Å². The Morgan fingerprint density at radius 3 is 2.96 bits per heavy atom. The smallest absolute Gasteiger partial charge is 0.220 e. The van der Waals surface area contributed by atoms with Crippen LogP contribution in [0.5, 0.6) is 0 Å². The van der Waals surface area contributed by atoms with Crippen LogP contribution in [0.15, 0.2) is 35.9 Å². The van der Waals surface area contributed by atoms with Crippen molar-refractivity contribution in [2.45, 2.75) is 51.4 Å². The molecule has 1 N–H and O–H groups in total. The highest BCUT2D eigenvalue weighted by molar-refractivity contribution is 7.18. The van der Waals surface area contributed by atoms with Crippen LogP contribution in [0.3, 0.4) is 0 Å². The fourth-order valence-corrected chi connectivity index (χ4v) is 4.02. The number of allylic oxidation sites excluding steroid dienone is 1. The molecule has 1 aromatic carbocycles. The van der Waals surface area contributed by atoms with Crippen molar-refractivity contribution in [3.63, 3.8) is 0 Å². The molecule has 0 aliphatic heterocycles. The van der Waals surface area contributed by atoms with Gasteiger partial charge in [0.1, 0.15) is 0 Å². The Morgan fingerprint density at radius 2 is 2.13 bits per heavy atom. The van der Waals surface area contributed by atoms with Crippen molar-refractivity contribution in [1.29, 1.82) is 0 Å². The molecule has 4 heteroatoms. The number of para-hydroxylation sites is 1. The van der Waals surface area contributed by atoms with E-state index in [9.17, 15) is 4.79 Å². The first kappa shape index (κ1) is 16.2. The molecule has 0 unspecified atom stereocenters. The van der Waals surface area contributed by atoms with Crippen LogP contribution in [0.25, 0.3) is 10.2 Å². The van der Waals surface area contributed by atoms with Gasteiger partial charge in [-0.2, -0.15) is 0 Å². The third-order valence-corrected chi connectivity index (χ3v) is 5.38. The second-order valence-electron chi connectivity index (χ2n) is 6.14. The third-order valence-electron chi connectivity index (χ3n) is 4.29. The van der Waals surface area contributed by atoms with Crippen LogP contribution in [0, 0.1) is 0 Å². The molecule has 23 heavy (non-hydrogen) atoms. The van der Waals surface area contributed by atoms with E-state index in [0.29, 0.717) is 6.42 Å². The summed E-state index contributed by atoms with van der Waals surface area (Å²) in [7, 11) is 0. The standard InChI is InChI=1S/C19H24N2OS/c22-18(20-14-13-15-7-2-1-3-8-15)11-6-12-19-21-16-9-4-5-10-17(16)23-19/h4-5,7,9-10H,1-3,6,8,11-14H2,(H,20,22). The molecule has 0 radical (unpaired) electrons. The van der Waals surface area contributed by atoms with Gasteiger partial charge in [-0.1, -0.05) is 23.8 Å². The minimum Gasteiger partial charge on any atom is -0.356 e. The number of hydrogen-bond acceptors (Lipinski definition) is 3. The molecule has 2 aromatic rings. The lowest BCUT2D eigenvalue weighted by Crippen LogP contribution is -2.24. The first-order chi connectivity index (χ1) is 11.3. The van der Waals surface area contributed by atoms with Crippen molar-refractivity contribution in [2.75, 3.05) is 6.54 Å². The highest BCUT2D eigenvalue weighted by Gasteiger charge is 2.07. The van der Waals surface area contributed by atoms with Crippen LogP contribution in [-0.2, 0) is 11.2 Å². The van der Waals surface area contributed by atoms with Gasteiger partial charge >= 0.3 is 0 Å². The summed E-state index contributed by atoms with van der Waals surface area (Å²) in [5, 5.41) is 4.18. The number of benzene rings is 1. The van der Waals surface area contributed by atoms with Crippen LogP contribution in [0.1, 0.15) is 50.0 Å². The van der Waals surface area contributed by atoms with Gasteiger partial charge in [-0.25, -0.2) is 4.98 Å². The maximum Gasteiger partial charge on any atom is 0.220 e. The summed E-state index contributed by atoms with van der Waals surface area (Å²) in [4.78, 5) is 16.5. The average molecular weight is 328 g/mol. The average Bonchev–Trinajstić information content (AvgIpc) is 2.98. The van der Waals surface area contributed by atoms with E-state index in [-0.39, 0.29) is 5.91 Å². The molecular formula is C19H24N2OS. The summed E-state index contributed by atoms with van der Waals surface area (Å²) in [6.45, 7) is 0.784. The number of amides is 1. The number of rotatable bonds is 7. The van der Waals surface area contributed by atoms with Gasteiger partial charge in [0.05, 0.1) is 15.2 Å². The van der Waals surface area contributed by atoms with Crippen molar-refractivity contribution >= 4 is 27.5 Å². The van der Waals surface area contributed by atoms with E-state index in [4.69, 9.17) is 0 Å². The molecule has 1 amide bonds. The lowest BCUT2D eigenvalue weighted by atomic mass is 9.97. The number of aromatic nitrogens is 1. The zero-order valence-corrected chi connectivity index (χ0v) is 14.3. The number of nitrogens with zero attached hydrogens (tertiary/aromatic N) is 1. The molecule has 1 aromatic heterocycles. The number of thiazole rings is 1. The van der Waals surface area contributed by atoms with Crippen molar-refractivity contribution < 1.29 is 4.79 Å². The second kappa shape index (κ2) is 8.25. The van der Waals surface area contributed by atoms with E-state index in [1.807, 2.05) is 18.2 Å². The largest absolute Gasteiger partial charge is 0.356 e. The predicted octanol–water partition coefficient (Wildman–Crippen LogP) is 4.63. The Morgan fingerprint density at radius 1 is 1.22 bits per heavy atom. The molecule has 3 nitrogen and oxygen atoms in total. The van der Waals surface area contributed by atoms with Crippen LogP contribution < -0.4 is 5.32 Å². The summed E-state index contributed by atoms with van der Waals surface area (Å²) >= 11 is 1.74. The molecule has 0 saturated carbocycles. The van der Waals surface area contributed by atoms with Crippen LogP contribution in [0.2, 0.25) is 0 Å². The topological polar surface area (TPSA) is 42.0 Å². The zero-order valence-electron chi connectivity index (χ0n) is 13.5. The van der Waals surface area contributed by atoms with Gasteiger partial charge in [0.2, 0.25) is 5.91 Å². The van der Waals surface area contributed by atoms with Gasteiger partial charge in [0.15, 0.2) is 0 Å². The van der Waals surface area contributed by atoms with Gasteiger partial charge in [-0.05, 0) is 57.1 Å². The molecule has 0 bridgehead atoms. The molecule has 1 aliphatic rings.